The Labute approximate surface area is 135 Å². The van der Waals surface area contributed by atoms with E-state index in [1.54, 1.807) is 12.1 Å². The summed E-state index contributed by atoms with van der Waals surface area (Å²) in [4.78, 5) is 20.2. The van der Waals surface area contributed by atoms with Gasteiger partial charge in [-0.1, -0.05) is 0 Å². The molecule has 2 rings (SSSR count). The van der Waals surface area contributed by atoms with Gasteiger partial charge in [-0.05, 0) is 18.2 Å². The molecule has 2 aromatic carbocycles. The second kappa shape index (κ2) is 7.05. The third-order valence-electron chi connectivity index (χ3n) is 3.02. The molecule has 0 aliphatic heterocycles. The lowest BCUT2D eigenvalue weighted by Crippen LogP contribution is -1.98. The van der Waals surface area contributed by atoms with Crippen molar-refractivity contribution in [3.8, 4) is 11.5 Å². The highest BCUT2D eigenvalue weighted by Gasteiger charge is 2.19. The molecule has 0 saturated heterocycles. The van der Waals surface area contributed by atoms with Crippen LogP contribution in [0.5, 0.6) is 11.5 Å². The van der Waals surface area contributed by atoms with Crippen LogP contribution in [0.25, 0.3) is 0 Å². The van der Waals surface area contributed by atoms with Crippen molar-refractivity contribution < 1.29 is 19.7 Å². The van der Waals surface area contributed by atoms with Crippen LogP contribution >= 0.6 is 0 Å². The molecule has 0 aromatic heterocycles. The Morgan fingerprint density at radius 3 is 2.50 bits per heavy atom. The van der Waals surface area contributed by atoms with Crippen LogP contribution in [-0.4, -0.2) is 28.3 Å². The van der Waals surface area contributed by atoms with Gasteiger partial charge in [-0.3, -0.25) is 25.7 Å². The summed E-state index contributed by atoms with van der Waals surface area (Å²) < 4.78 is 4.95. The van der Waals surface area contributed by atoms with Gasteiger partial charge >= 0.3 is 5.69 Å². The van der Waals surface area contributed by atoms with Crippen LogP contribution in [0.15, 0.2) is 41.5 Å². The number of nitrogens with one attached hydrogen (secondary N) is 1. The molecule has 0 radical (unpaired) electrons. The van der Waals surface area contributed by atoms with Gasteiger partial charge in [-0.2, -0.15) is 5.10 Å². The standard InChI is InChI=1S/C14H12N4O6/c1-24-11-4-2-9(14(19)7-11)8-15-16-12-5-3-10(17(20)21)6-13(12)18(22)23/h2-8,16,19H,1H3/b15-8+. The third-order valence-corrected chi connectivity index (χ3v) is 3.02. The second-order valence-corrected chi connectivity index (χ2v) is 4.51. The summed E-state index contributed by atoms with van der Waals surface area (Å²) in [6, 6.07) is 7.68. The van der Waals surface area contributed by atoms with Crippen LogP contribution in [0.1, 0.15) is 5.56 Å². The van der Waals surface area contributed by atoms with E-state index >= 15 is 0 Å². The summed E-state index contributed by atoms with van der Waals surface area (Å²) in [6.45, 7) is 0. The van der Waals surface area contributed by atoms with Gasteiger partial charge in [0.1, 0.15) is 17.2 Å². The molecule has 24 heavy (non-hydrogen) atoms. The Kier molecular flexibility index (Phi) is 4.90. The highest BCUT2D eigenvalue weighted by atomic mass is 16.6. The molecule has 10 nitrogen and oxygen atoms in total. The number of hydrogen-bond donors (Lipinski definition) is 2. The molecule has 0 atom stereocenters. The Bertz CT molecular complexity index is 821. The minimum Gasteiger partial charge on any atom is -0.507 e. The maximum Gasteiger partial charge on any atom is 0.301 e. The zero-order chi connectivity index (χ0) is 17.7. The van der Waals surface area contributed by atoms with E-state index in [1.165, 1.54) is 25.5 Å². The summed E-state index contributed by atoms with van der Waals surface area (Å²) in [5.41, 5.74) is 1.88. The molecule has 10 heteroatoms. The lowest BCUT2D eigenvalue weighted by molar-refractivity contribution is -0.393. The Morgan fingerprint density at radius 1 is 1.17 bits per heavy atom. The van der Waals surface area contributed by atoms with E-state index in [-0.39, 0.29) is 11.4 Å². The molecule has 0 fully saturated rings. The van der Waals surface area contributed by atoms with Crippen molar-refractivity contribution >= 4 is 23.3 Å². The van der Waals surface area contributed by atoms with Crippen LogP contribution in [0.4, 0.5) is 17.1 Å². The monoisotopic (exact) mass is 332 g/mol. The quantitative estimate of drug-likeness (QED) is 0.470. The fraction of sp³-hybridized carbons (Fsp3) is 0.0714. The van der Waals surface area contributed by atoms with E-state index in [0.29, 0.717) is 11.3 Å². The summed E-state index contributed by atoms with van der Waals surface area (Å²) in [6.07, 6.45) is 1.25. The minimum atomic E-state index is -0.754. The highest BCUT2D eigenvalue weighted by molar-refractivity contribution is 5.84. The summed E-state index contributed by atoms with van der Waals surface area (Å²) in [5, 5.41) is 35.2. The first-order chi connectivity index (χ1) is 11.4. The van der Waals surface area contributed by atoms with Gasteiger partial charge in [0.15, 0.2) is 0 Å². The topological polar surface area (TPSA) is 140 Å². The number of ether oxygens (including phenoxy) is 1. The third kappa shape index (κ3) is 3.74. The van der Waals surface area contributed by atoms with Gasteiger partial charge < -0.3 is 9.84 Å². The van der Waals surface area contributed by atoms with Crippen molar-refractivity contribution in [2.75, 3.05) is 12.5 Å². The number of hydrogen-bond acceptors (Lipinski definition) is 8. The number of phenolic OH excluding ortho intramolecular Hbond substituents is 1. The molecule has 0 unspecified atom stereocenters. The van der Waals surface area contributed by atoms with Crippen molar-refractivity contribution in [3.05, 3.63) is 62.2 Å². The van der Waals surface area contributed by atoms with Crippen LogP contribution in [0.3, 0.4) is 0 Å². The van der Waals surface area contributed by atoms with Crippen LogP contribution in [0, 0.1) is 20.2 Å². The second-order valence-electron chi connectivity index (χ2n) is 4.51. The SMILES string of the molecule is COc1ccc(/C=N/Nc2ccc([N+](=O)[O-])cc2[N+](=O)[O-])c(O)c1. The first-order valence-corrected chi connectivity index (χ1v) is 6.51. The zero-order valence-electron chi connectivity index (χ0n) is 12.4. The van der Waals surface area contributed by atoms with Gasteiger partial charge in [-0.25, -0.2) is 0 Å². The first kappa shape index (κ1) is 16.7. The summed E-state index contributed by atoms with van der Waals surface area (Å²) in [5.74, 6) is 0.377. The highest BCUT2D eigenvalue weighted by Crippen LogP contribution is 2.29. The molecule has 2 aromatic rings. The predicted octanol–water partition coefficient (Wildman–Crippen LogP) is 2.66. The van der Waals surface area contributed by atoms with Gasteiger partial charge in [0.05, 0.1) is 29.2 Å². The number of nitrogens with zero attached hydrogens (tertiary/aromatic N) is 3. The lowest BCUT2D eigenvalue weighted by Gasteiger charge is -2.04. The molecule has 0 amide bonds. The first-order valence-electron chi connectivity index (χ1n) is 6.51. The molecule has 0 aliphatic rings. The van der Waals surface area contributed by atoms with E-state index in [0.717, 1.165) is 12.1 Å². The summed E-state index contributed by atoms with van der Waals surface area (Å²) in [7, 11) is 1.46. The molecule has 0 aliphatic carbocycles. The van der Waals surface area contributed by atoms with E-state index in [4.69, 9.17) is 4.74 Å². The van der Waals surface area contributed by atoms with Crippen molar-refractivity contribution in [2.45, 2.75) is 0 Å². The van der Waals surface area contributed by atoms with Gasteiger partial charge in [0, 0.05) is 17.7 Å². The van der Waals surface area contributed by atoms with Crippen LogP contribution in [-0.2, 0) is 0 Å². The van der Waals surface area contributed by atoms with Crippen molar-refractivity contribution in [1.82, 2.24) is 0 Å². The zero-order valence-corrected chi connectivity index (χ0v) is 12.4. The number of phenols is 1. The number of rotatable bonds is 6. The van der Waals surface area contributed by atoms with Crippen molar-refractivity contribution in [1.29, 1.82) is 0 Å². The number of aromatic hydroxyl groups is 1. The number of nitro groups is 2. The van der Waals surface area contributed by atoms with Crippen LogP contribution < -0.4 is 10.2 Å². The van der Waals surface area contributed by atoms with E-state index in [2.05, 4.69) is 10.5 Å². The molecular formula is C14H12N4O6. The molecule has 0 saturated carbocycles. The van der Waals surface area contributed by atoms with Crippen molar-refractivity contribution in [3.63, 3.8) is 0 Å². The van der Waals surface area contributed by atoms with E-state index < -0.39 is 21.2 Å². The van der Waals surface area contributed by atoms with Crippen LogP contribution in [0.2, 0.25) is 0 Å². The number of hydrazone groups is 1. The van der Waals surface area contributed by atoms with E-state index in [1.807, 2.05) is 0 Å². The largest absolute Gasteiger partial charge is 0.507 e. The van der Waals surface area contributed by atoms with E-state index in [9.17, 15) is 25.3 Å². The molecule has 2 N–H and O–H groups in total. The average Bonchev–Trinajstić information content (AvgIpc) is 2.56. The fourth-order valence-corrected chi connectivity index (χ4v) is 1.81. The molecule has 0 bridgehead atoms. The number of anilines is 1. The van der Waals surface area contributed by atoms with Gasteiger partial charge in [0.2, 0.25) is 0 Å². The number of benzene rings is 2. The van der Waals surface area contributed by atoms with Crippen molar-refractivity contribution in [2.24, 2.45) is 5.10 Å². The fourth-order valence-electron chi connectivity index (χ4n) is 1.81. The predicted molar refractivity (Wildman–Crippen MR) is 85.6 cm³/mol. The molecule has 0 spiro atoms. The normalized spacial score (nSPS) is 10.5. The maximum atomic E-state index is 11.0. The maximum absolute atomic E-state index is 11.0. The molecule has 124 valence electrons. The summed E-state index contributed by atoms with van der Waals surface area (Å²) >= 11 is 0. The van der Waals surface area contributed by atoms with Gasteiger partial charge in [0.25, 0.3) is 5.69 Å². The Morgan fingerprint density at radius 2 is 1.92 bits per heavy atom. The number of non-ortho nitro benzene ring substituents is 1. The Hall–Kier alpha value is -3.69. The molecular weight excluding hydrogens is 320 g/mol. The minimum absolute atomic E-state index is 0.0187. The smallest absolute Gasteiger partial charge is 0.301 e. The average molecular weight is 332 g/mol. The van der Waals surface area contributed by atoms with Gasteiger partial charge in [-0.15, -0.1) is 0 Å². The molecule has 0 heterocycles. The Balaban J connectivity index is 2.22. The number of methoxy groups -OCH3 is 1. The lowest BCUT2D eigenvalue weighted by atomic mass is 10.2. The number of nitro benzene ring substituents is 2.